The molecule has 2 aromatic rings. The predicted molar refractivity (Wildman–Crippen MR) is 68.8 cm³/mol. The Morgan fingerprint density at radius 1 is 1.28 bits per heavy atom. The van der Waals surface area contributed by atoms with E-state index in [1.54, 1.807) is 24.8 Å². The Labute approximate surface area is 106 Å². The highest BCUT2D eigenvalue weighted by Crippen LogP contribution is 2.22. The maximum atomic E-state index is 5.61. The van der Waals surface area contributed by atoms with E-state index in [0.29, 0.717) is 6.61 Å². The van der Waals surface area contributed by atoms with Gasteiger partial charge in [0, 0.05) is 18.6 Å². The van der Waals surface area contributed by atoms with Crippen molar-refractivity contribution in [1.82, 2.24) is 15.4 Å². The van der Waals surface area contributed by atoms with E-state index in [2.05, 4.69) is 15.4 Å². The molecular weight excluding hydrogens is 228 g/mol. The molecule has 1 unspecified atom stereocenters. The molecule has 0 saturated carbocycles. The molecule has 5 nitrogen and oxygen atoms in total. The number of pyridine rings is 2. The van der Waals surface area contributed by atoms with Crippen LogP contribution in [-0.2, 0) is 0 Å². The summed E-state index contributed by atoms with van der Waals surface area (Å²) in [6.45, 7) is 2.55. The molecule has 18 heavy (non-hydrogen) atoms. The zero-order valence-corrected chi connectivity index (χ0v) is 10.2. The molecule has 2 aromatic heterocycles. The second-order valence-electron chi connectivity index (χ2n) is 3.77. The molecule has 0 amide bonds. The fourth-order valence-electron chi connectivity index (χ4n) is 1.77. The number of hydrogen-bond donors (Lipinski definition) is 2. The lowest BCUT2D eigenvalue weighted by atomic mass is 10.0. The molecule has 3 N–H and O–H groups in total. The van der Waals surface area contributed by atoms with Crippen LogP contribution in [0.25, 0.3) is 0 Å². The van der Waals surface area contributed by atoms with E-state index >= 15 is 0 Å². The minimum Gasteiger partial charge on any atom is -0.492 e. The van der Waals surface area contributed by atoms with Crippen molar-refractivity contribution in [3.8, 4) is 5.75 Å². The number of hydrogen-bond acceptors (Lipinski definition) is 5. The monoisotopic (exact) mass is 244 g/mol. The largest absolute Gasteiger partial charge is 0.492 e. The number of rotatable bonds is 5. The molecule has 0 saturated heterocycles. The van der Waals surface area contributed by atoms with Gasteiger partial charge in [-0.3, -0.25) is 15.8 Å². The van der Waals surface area contributed by atoms with Crippen molar-refractivity contribution < 1.29 is 4.74 Å². The van der Waals surface area contributed by atoms with Gasteiger partial charge in [0.15, 0.2) is 0 Å². The third-order valence-electron chi connectivity index (χ3n) is 2.56. The van der Waals surface area contributed by atoms with Crippen LogP contribution in [0.2, 0.25) is 0 Å². The molecule has 5 heteroatoms. The van der Waals surface area contributed by atoms with Crippen LogP contribution in [0.15, 0.2) is 43.0 Å². The average Bonchev–Trinajstić information content (AvgIpc) is 2.42. The molecule has 0 bridgehead atoms. The van der Waals surface area contributed by atoms with Gasteiger partial charge in [-0.2, -0.15) is 0 Å². The first-order valence-corrected chi connectivity index (χ1v) is 5.79. The SMILES string of the molecule is CCOc1cncc(C(NN)c2cccnc2)c1. The molecule has 0 aliphatic heterocycles. The topological polar surface area (TPSA) is 73.1 Å². The summed E-state index contributed by atoms with van der Waals surface area (Å²) in [6.07, 6.45) is 6.95. The van der Waals surface area contributed by atoms with Crippen molar-refractivity contribution in [3.05, 3.63) is 54.1 Å². The summed E-state index contributed by atoms with van der Waals surface area (Å²) in [4.78, 5) is 8.25. The van der Waals surface area contributed by atoms with Gasteiger partial charge in [-0.05, 0) is 30.2 Å². The maximum Gasteiger partial charge on any atom is 0.137 e. The molecule has 0 fully saturated rings. The lowest BCUT2D eigenvalue weighted by molar-refractivity contribution is 0.338. The Hall–Kier alpha value is -1.98. The van der Waals surface area contributed by atoms with Crippen LogP contribution < -0.4 is 16.0 Å². The Kier molecular flexibility index (Phi) is 4.22. The number of nitrogens with two attached hydrogens (primary N) is 1. The maximum absolute atomic E-state index is 5.61. The predicted octanol–water partition coefficient (Wildman–Crippen LogP) is 1.43. The van der Waals surface area contributed by atoms with Gasteiger partial charge in [-0.25, -0.2) is 5.43 Å². The molecule has 0 aliphatic carbocycles. The van der Waals surface area contributed by atoms with E-state index in [4.69, 9.17) is 10.6 Å². The van der Waals surface area contributed by atoms with E-state index in [1.807, 2.05) is 25.1 Å². The summed E-state index contributed by atoms with van der Waals surface area (Å²) in [7, 11) is 0. The summed E-state index contributed by atoms with van der Waals surface area (Å²) in [5, 5.41) is 0. The van der Waals surface area contributed by atoms with Gasteiger partial charge in [0.1, 0.15) is 5.75 Å². The van der Waals surface area contributed by atoms with E-state index in [-0.39, 0.29) is 6.04 Å². The minimum atomic E-state index is -0.147. The van der Waals surface area contributed by atoms with Crippen LogP contribution in [0.5, 0.6) is 5.75 Å². The van der Waals surface area contributed by atoms with Gasteiger partial charge in [-0.1, -0.05) is 6.07 Å². The second kappa shape index (κ2) is 6.09. The molecule has 0 radical (unpaired) electrons. The van der Waals surface area contributed by atoms with Crippen molar-refractivity contribution in [2.75, 3.05) is 6.61 Å². The van der Waals surface area contributed by atoms with Crippen molar-refractivity contribution in [2.45, 2.75) is 13.0 Å². The number of nitrogens with zero attached hydrogens (tertiary/aromatic N) is 2. The normalized spacial score (nSPS) is 12.1. The van der Waals surface area contributed by atoms with Gasteiger partial charge in [0.25, 0.3) is 0 Å². The smallest absolute Gasteiger partial charge is 0.137 e. The molecule has 0 aromatic carbocycles. The lowest BCUT2D eigenvalue weighted by Gasteiger charge is -2.16. The van der Waals surface area contributed by atoms with Gasteiger partial charge >= 0.3 is 0 Å². The first kappa shape index (κ1) is 12.5. The fraction of sp³-hybridized carbons (Fsp3) is 0.231. The van der Waals surface area contributed by atoms with E-state index < -0.39 is 0 Å². The molecule has 94 valence electrons. The Morgan fingerprint density at radius 3 is 2.78 bits per heavy atom. The van der Waals surface area contributed by atoms with Gasteiger partial charge in [-0.15, -0.1) is 0 Å². The fourth-order valence-corrected chi connectivity index (χ4v) is 1.77. The van der Waals surface area contributed by atoms with Crippen LogP contribution in [0, 0.1) is 0 Å². The molecule has 1 atom stereocenters. The Morgan fingerprint density at radius 2 is 2.11 bits per heavy atom. The second-order valence-corrected chi connectivity index (χ2v) is 3.77. The highest BCUT2D eigenvalue weighted by atomic mass is 16.5. The number of hydrazine groups is 1. The van der Waals surface area contributed by atoms with Crippen LogP contribution in [0.3, 0.4) is 0 Å². The zero-order chi connectivity index (χ0) is 12.8. The van der Waals surface area contributed by atoms with Gasteiger partial charge in [0.2, 0.25) is 0 Å². The number of nitrogens with one attached hydrogen (secondary N) is 1. The summed E-state index contributed by atoms with van der Waals surface area (Å²) in [5.41, 5.74) is 4.69. The van der Waals surface area contributed by atoms with Crippen LogP contribution >= 0.6 is 0 Å². The summed E-state index contributed by atoms with van der Waals surface area (Å²) in [6, 6.07) is 5.62. The standard InChI is InChI=1S/C13H16N4O/c1-2-18-12-6-11(8-16-9-12)13(17-14)10-4-3-5-15-7-10/h3-9,13,17H,2,14H2,1H3. The average molecular weight is 244 g/mol. The third kappa shape index (κ3) is 2.82. The van der Waals surface area contributed by atoms with Crippen LogP contribution in [-0.4, -0.2) is 16.6 Å². The summed E-state index contributed by atoms with van der Waals surface area (Å²) >= 11 is 0. The first-order chi connectivity index (χ1) is 8.85. The molecule has 2 heterocycles. The Balaban J connectivity index is 2.30. The molecular formula is C13H16N4O. The third-order valence-corrected chi connectivity index (χ3v) is 2.56. The highest BCUT2D eigenvalue weighted by Gasteiger charge is 2.13. The molecule has 2 rings (SSSR count). The van der Waals surface area contributed by atoms with Crippen molar-refractivity contribution >= 4 is 0 Å². The lowest BCUT2D eigenvalue weighted by Crippen LogP contribution is -2.29. The quantitative estimate of drug-likeness (QED) is 0.615. The number of aromatic nitrogens is 2. The first-order valence-electron chi connectivity index (χ1n) is 5.79. The number of ether oxygens (including phenoxy) is 1. The molecule has 0 aliphatic rings. The summed E-state index contributed by atoms with van der Waals surface area (Å²) < 4.78 is 5.43. The van der Waals surface area contributed by atoms with Gasteiger partial charge in [0.05, 0.1) is 18.8 Å². The van der Waals surface area contributed by atoms with E-state index in [9.17, 15) is 0 Å². The van der Waals surface area contributed by atoms with E-state index in [1.165, 1.54) is 0 Å². The zero-order valence-electron chi connectivity index (χ0n) is 10.2. The minimum absolute atomic E-state index is 0.147. The van der Waals surface area contributed by atoms with Crippen LogP contribution in [0.4, 0.5) is 0 Å². The highest BCUT2D eigenvalue weighted by molar-refractivity contribution is 5.32. The van der Waals surface area contributed by atoms with E-state index in [0.717, 1.165) is 16.9 Å². The summed E-state index contributed by atoms with van der Waals surface area (Å²) in [5.74, 6) is 6.35. The van der Waals surface area contributed by atoms with Crippen molar-refractivity contribution in [2.24, 2.45) is 5.84 Å². The molecule has 0 spiro atoms. The van der Waals surface area contributed by atoms with Gasteiger partial charge < -0.3 is 4.74 Å². The Bertz CT molecular complexity index is 489. The van der Waals surface area contributed by atoms with Crippen molar-refractivity contribution in [3.63, 3.8) is 0 Å². The van der Waals surface area contributed by atoms with Crippen LogP contribution in [0.1, 0.15) is 24.1 Å². The van der Waals surface area contributed by atoms with Crippen molar-refractivity contribution in [1.29, 1.82) is 0 Å².